The largest absolute Gasteiger partial charge is 0.478 e. The van der Waals surface area contributed by atoms with Crippen LogP contribution in [0.4, 0.5) is 0 Å². The first-order chi connectivity index (χ1) is 9.08. The van der Waals surface area contributed by atoms with E-state index in [-0.39, 0.29) is 5.92 Å². The van der Waals surface area contributed by atoms with Crippen LogP contribution in [-0.4, -0.2) is 16.1 Å². The smallest absolute Gasteiger partial charge is 0.337 e. The summed E-state index contributed by atoms with van der Waals surface area (Å²) in [4.78, 5) is 16.0. The van der Waals surface area contributed by atoms with Crippen molar-refractivity contribution in [2.24, 2.45) is 0 Å². The molecular formula is C15H15NO3. The standard InChI is InChI=1S/C15H15NO3/c1-8(2)13-11(15(17)18)7-9-3-4-12-10(5-6-19-12)14(9)16-13/h5-8H,3-4H2,1-2H3,(H,17,18). The van der Waals surface area contributed by atoms with Crippen LogP contribution in [0.15, 0.2) is 22.8 Å². The number of carboxylic acid groups (broad SMARTS) is 1. The van der Waals surface area contributed by atoms with E-state index in [0.717, 1.165) is 35.4 Å². The summed E-state index contributed by atoms with van der Waals surface area (Å²) >= 11 is 0. The number of nitrogens with zero attached hydrogens (tertiary/aromatic N) is 1. The summed E-state index contributed by atoms with van der Waals surface area (Å²) in [7, 11) is 0. The minimum Gasteiger partial charge on any atom is -0.478 e. The monoisotopic (exact) mass is 257 g/mol. The molecule has 2 heterocycles. The number of fused-ring (bicyclic) bond motifs is 3. The van der Waals surface area contributed by atoms with Crippen LogP contribution in [0.3, 0.4) is 0 Å². The van der Waals surface area contributed by atoms with Crippen LogP contribution >= 0.6 is 0 Å². The van der Waals surface area contributed by atoms with Crippen LogP contribution in [0.1, 0.15) is 47.1 Å². The molecule has 0 aromatic carbocycles. The SMILES string of the molecule is CC(C)c1nc2c(cc1C(=O)O)CCc1occc1-2. The van der Waals surface area contributed by atoms with E-state index in [2.05, 4.69) is 4.98 Å². The Bertz CT molecular complexity index is 655. The van der Waals surface area contributed by atoms with Crippen LogP contribution in [0.2, 0.25) is 0 Å². The highest BCUT2D eigenvalue weighted by molar-refractivity contribution is 5.90. The molecule has 0 fully saturated rings. The highest BCUT2D eigenvalue weighted by Crippen LogP contribution is 2.35. The number of carboxylic acids is 1. The molecule has 3 rings (SSSR count). The maximum absolute atomic E-state index is 11.3. The lowest BCUT2D eigenvalue weighted by molar-refractivity contribution is 0.0694. The molecule has 1 aliphatic carbocycles. The summed E-state index contributed by atoms with van der Waals surface area (Å²) < 4.78 is 5.43. The lowest BCUT2D eigenvalue weighted by atomic mass is 9.91. The predicted molar refractivity (Wildman–Crippen MR) is 70.4 cm³/mol. The second kappa shape index (κ2) is 4.23. The molecule has 4 nitrogen and oxygen atoms in total. The Balaban J connectivity index is 2.25. The Morgan fingerprint density at radius 3 is 2.89 bits per heavy atom. The van der Waals surface area contributed by atoms with Gasteiger partial charge in [0.2, 0.25) is 0 Å². The fourth-order valence-electron chi connectivity index (χ4n) is 2.60. The Morgan fingerprint density at radius 1 is 1.42 bits per heavy atom. The van der Waals surface area contributed by atoms with Gasteiger partial charge in [0.05, 0.1) is 23.2 Å². The zero-order valence-corrected chi connectivity index (χ0v) is 10.9. The van der Waals surface area contributed by atoms with Crippen LogP contribution in [0.5, 0.6) is 0 Å². The zero-order chi connectivity index (χ0) is 13.6. The second-order valence-corrected chi connectivity index (χ2v) is 5.15. The van der Waals surface area contributed by atoms with Gasteiger partial charge in [0, 0.05) is 12.0 Å². The van der Waals surface area contributed by atoms with Crippen LogP contribution in [0.25, 0.3) is 11.3 Å². The van der Waals surface area contributed by atoms with Gasteiger partial charge < -0.3 is 9.52 Å². The van der Waals surface area contributed by atoms with E-state index >= 15 is 0 Å². The molecule has 0 spiro atoms. The summed E-state index contributed by atoms with van der Waals surface area (Å²) in [6, 6.07) is 3.68. The van der Waals surface area contributed by atoms with Crippen molar-refractivity contribution in [1.82, 2.24) is 4.98 Å². The molecule has 0 bridgehead atoms. The Morgan fingerprint density at radius 2 is 2.21 bits per heavy atom. The number of pyridine rings is 1. The average Bonchev–Trinajstić information content (AvgIpc) is 2.85. The van der Waals surface area contributed by atoms with Crippen molar-refractivity contribution in [3.05, 3.63) is 41.0 Å². The lowest BCUT2D eigenvalue weighted by Crippen LogP contribution is -2.12. The highest BCUT2D eigenvalue weighted by Gasteiger charge is 2.24. The van der Waals surface area contributed by atoms with Gasteiger partial charge in [-0.05, 0) is 30.0 Å². The Kier molecular flexibility index (Phi) is 2.66. The highest BCUT2D eigenvalue weighted by atomic mass is 16.4. The number of aromatic carboxylic acids is 1. The summed E-state index contributed by atoms with van der Waals surface area (Å²) in [6.45, 7) is 3.92. The first kappa shape index (κ1) is 12.0. The van der Waals surface area contributed by atoms with E-state index in [9.17, 15) is 9.90 Å². The molecule has 0 amide bonds. The van der Waals surface area contributed by atoms with Crippen LogP contribution < -0.4 is 0 Å². The number of rotatable bonds is 2. The molecule has 0 saturated heterocycles. The predicted octanol–water partition coefficient (Wildman–Crippen LogP) is 3.26. The minimum absolute atomic E-state index is 0.0775. The van der Waals surface area contributed by atoms with Crippen molar-refractivity contribution in [2.75, 3.05) is 0 Å². The molecule has 98 valence electrons. The molecule has 4 heteroatoms. The van der Waals surface area contributed by atoms with E-state index in [0.29, 0.717) is 11.3 Å². The molecule has 19 heavy (non-hydrogen) atoms. The topological polar surface area (TPSA) is 63.3 Å². The summed E-state index contributed by atoms with van der Waals surface area (Å²) in [5, 5.41) is 9.31. The molecule has 0 radical (unpaired) electrons. The zero-order valence-electron chi connectivity index (χ0n) is 10.9. The van der Waals surface area contributed by atoms with Gasteiger partial charge in [0.25, 0.3) is 0 Å². The third kappa shape index (κ3) is 1.84. The van der Waals surface area contributed by atoms with Crippen molar-refractivity contribution >= 4 is 5.97 Å². The number of aryl methyl sites for hydroxylation is 2. The first-order valence-electron chi connectivity index (χ1n) is 6.41. The number of furan rings is 1. The normalized spacial score (nSPS) is 13.2. The van der Waals surface area contributed by atoms with E-state index in [1.807, 2.05) is 19.9 Å². The molecule has 0 atom stereocenters. The van der Waals surface area contributed by atoms with Gasteiger partial charge in [-0.25, -0.2) is 4.79 Å². The molecule has 0 saturated carbocycles. The van der Waals surface area contributed by atoms with Gasteiger partial charge in [0.15, 0.2) is 0 Å². The first-order valence-corrected chi connectivity index (χ1v) is 6.41. The van der Waals surface area contributed by atoms with Crippen LogP contribution in [0, 0.1) is 0 Å². The number of aromatic nitrogens is 1. The molecule has 0 aliphatic heterocycles. The van der Waals surface area contributed by atoms with E-state index in [4.69, 9.17) is 4.42 Å². The van der Waals surface area contributed by atoms with Gasteiger partial charge in [-0.3, -0.25) is 4.98 Å². The molecular weight excluding hydrogens is 242 g/mol. The molecule has 1 aliphatic rings. The number of hydrogen-bond acceptors (Lipinski definition) is 3. The van der Waals surface area contributed by atoms with E-state index in [1.165, 1.54) is 0 Å². The number of hydrogen-bond donors (Lipinski definition) is 1. The van der Waals surface area contributed by atoms with Gasteiger partial charge in [-0.15, -0.1) is 0 Å². The van der Waals surface area contributed by atoms with Gasteiger partial charge in [-0.1, -0.05) is 13.8 Å². The summed E-state index contributed by atoms with van der Waals surface area (Å²) in [6.07, 6.45) is 3.25. The average molecular weight is 257 g/mol. The van der Waals surface area contributed by atoms with Crippen molar-refractivity contribution in [3.8, 4) is 11.3 Å². The van der Waals surface area contributed by atoms with Crippen LogP contribution in [-0.2, 0) is 12.8 Å². The third-order valence-electron chi connectivity index (χ3n) is 3.53. The van der Waals surface area contributed by atoms with Gasteiger partial charge in [0.1, 0.15) is 5.76 Å². The minimum atomic E-state index is -0.906. The Labute approximate surface area is 111 Å². The van der Waals surface area contributed by atoms with E-state index in [1.54, 1.807) is 12.3 Å². The Hall–Kier alpha value is -2.10. The maximum atomic E-state index is 11.3. The lowest BCUT2D eigenvalue weighted by Gasteiger charge is -2.18. The fourth-order valence-corrected chi connectivity index (χ4v) is 2.60. The molecule has 0 unspecified atom stereocenters. The second-order valence-electron chi connectivity index (χ2n) is 5.15. The fraction of sp³-hybridized carbons (Fsp3) is 0.333. The quantitative estimate of drug-likeness (QED) is 0.896. The summed E-state index contributed by atoms with van der Waals surface area (Å²) in [5.74, 6) is 0.114. The molecule has 2 aromatic heterocycles. The third-order valence-corrected chi connectivity index (χ3v) is 3.53. The van der Waals surface area contributed by atoms with Gasteiger partial charge in [-0.2, -0.15) is 0 Å². The molecule has 2 aromatic rings. The van der Waals surface area contributed by atoms with Crippen molar-refractivity contribution in [1.29, 1.82) is 0 Å². The van der Waals surface area contributed by atoms with Gasteiger partial charge >= 0.3 is 5.97 Å². The summed E-state index contributed by atoms with van der Waals surface area (Å²) in [5.41, 5.74) is 3.83. The maximum Gasteiger partial charge on any atom is 0.337 e. The van der Waals surface area contributed by atoms with E-state index < -0.39 is 5.97 Å². The van der Waals surface area contributed by atoms with Crippen molar-refractivity contribution in [2.45, 2.75) is 32.6 Å². The molecule has 1 N–H and O–H groups in total. The van der Waals surface area contributed by atoms with Crippen molar-refractivity contribution < 1.29 is 14.3 Å². The number of carbonyl (C=O) groups is 1. The van der Waals surface area contributed by atoms with Crippen molar-refractivity contribution in [3.63, 3.8) is 0 Å².